The van der Waals surface area contributed by atoms with Gasteiger partial charge < -0.3 is 5.32 Å². The zero-order chi connectivity index (χ0) is 14.5. The average molecular weight is 279 g/mol. The molecular weight excluding hydrogens is 254 g/mol. The molecule has 0 aliphatic heterocycles. The number of benzene rings is 2. The molecule has 0 amide bonds. The quantitative estimate of drug-likeness (QED) is 0.797. The van der Waals surface area contributed by atoms with E-state index in [9.17, 15) is 0 Å². The van der Waals surface area contributed by atoms with Crippen molar-refractivity contribution < 1.29 is 0 Å². The first-order chi connectivity index (χ1) is 10.3. The van der Waals surface area contributed by atoms with E-state index in [1.807, 2.05) is 0 Å². The summed E-state index contributed by atoms with van der Waals surface area (Å²) in [5.41, 5.74) is 3.97. The molecule has 1 heteroatoms. The van der Waals surface area contributed by atoms with Crippen molar-refractivity contribution in [3.8, 4) is 11.1 Å². The molecule has 1 aliphatic carbocycles. The molecule has 1 aliphatic rings. The zero-order valence-electron chi connectivity index (χ0n) is 12.9. The van der Waals surface area contributed by atoms with E-state index in [4.69, 9.17) is 0 Å². The number of hydrogen-bond donors (Lipinski definition) is 1. The van der Waals surface area contributed by atoms with Crippen LogP contribution in [-0.2, 0) is 0 Å². The second-order valence-corrected chi connectivity index (χ2v) is 6.21. The lowest BCUT2D eigenvalue weighted by atomic mass is 9.94. The highest BCUT2D eigenvalue weighted by Gasteiger charge is 2.16. The molecule has 1 atom stereocenters. The molecule has 1 saturated carbocycles. The van der Waals surface area contributed by atoms with Crippen LogP contribution in [0.5, 0.6) is 0 Å². The summed E-state index contributed by atoms with van der Waals surface area (Å²) in [4.78, 5) is 0. The van der Waals surface area contributed by atoms with Crippen LogP contribution >= 0.6 is 0 Å². The van der Waals surface area contributed by atoms with E-state index in [1.165, 1.54) is 48.8 Å². The van der Waals surface area contributed by atoms with Gasteiger partial charge in [0, 0.05) is 12.1 Å². The minimum atomic E-state index is 0.443. The van der Waals surface area contributed by atoms with Crippen LogP contribution in [0.1, 0.15) is 50.6 Å². The average Bonchev–Trinajstić information content (AvgIpc) is 2.57. The molecule has 0 aromatic heterocycles. The van der Waals surface area contributed by atoms with Crippen molar-refractivity contribution in [2.24, 2.45) is 0 Å². The lowest BCUT2D eigenvalue weighted by molar-refractivity contribution is 0.347. The Morgan fingerprint density at radius 1 is 0.810 bits per heavy atom. The maximum atomic E-state index is 3.79. The summed E-state index contributed by atoms with van der Waals surface area (Å²) in [6, 6.07) is 20.7. The Bertz CT molecular complexity index is 538. The maximum absolute atomic E-state index is 3.79. The summed E-state index contributed by atoms with van der Waals surface area (Å²) in [6.45, 7) is 2.28. The van der Waals surface area contributed by atoms with Crippen molar-refractivity contribution in [2.45, 2.75) is 51.1 Å². The summed E-state index contributed by atoms with van der Waals surface area (Å²) in [5.74, 6) is 0. The minimum absolute atomic E-state index is 0.443. The van der Waals surface area contributed by atoms with Gasteiger partial charge in [0.05, 0.1) is 0 Å². The smallest absolute Gasteiger partial charge is 0.0294 e. The Morgan fingerprint density at radius 3 is 2.10 bits per heavy atom. The monoisotopic (exact) mass is 279 g/mol. The first-order valence-electron chi connectivity index (χ1n) is 8.24. The van der Waals surface area contributed by atoms with Gasteiger partial charge in [0.1, 0.15) is 0 Å². The van der Waals surface area contributed by atoms with Crippen molar-refractivity contribution in [1.82, 2.24) is 5.32 Å². The third-order valence-electron chi connectivity index (χ3n) is 4.61. The highest BCUT2D eigenvalue weighted by Crippen LogP contribution is 2.24. The van der Waals surface area contributed by atoms with Crippen LogP contribution in [0.3, 0.4) is 0 Å². The summed E-state index contributed by atoms with van der Waals surface area (Å²) in [5, 5.41) is 3.79. The van der Waals surface area contributed by atoms with E-state index in [0.717, 1.165) is 0 Å². The highest BCUT2D eigenvalue weighted by atomic mass is 14.9. The Balaban J connectivity index is 1.66. The molecule has 0 bridgehead atoms. The molecule has 2 aromatic carbocycles. The predicted octanol–water partition coefficient (Wildman–Crippen LogP) is 5.34. The van der Waals surface area contributed by atoms with Crippen molar-refractivity contribution >= 4 is 0 Å². The third-order valence-corrected chi connectivity index (χ3v) is 4.61. The van der Waals surface area contributed by atoms with E-state index < -0.39 is 0 Å². The second-order valence-electron chi connectivity index (χ2n) is 6.21. The summed E-state index contributed by atoms with van der Waals surface area (Å²) >= 11 is 0. The van der Waals surface area contributed by atoms with Crippen molar-refractivity contribution in [1.29, 1.82) is 0 Å². The van der Waals surface area contributed by atoms with Crippen LogP contribution in [-0.4, -0.2) is 6.04 Å². The highest BCUT2D eigenvalue weighted by molar-refractivity contribution is 5.63. The predicted molar refractivity (Wildman–Crippen MR) is 90.3 cm³/mol. The van der Waals surface area contributed by atoms with Gasteiger partial charge in [0.25, 0.3) is 0 Å². The fourth-order valence-corrected chi connectivity index (χ4v) is 3.31. The van der Waals surface area contributed by atoms with Crippen LogP contribution < -0.4 is 5.32 Å². The van der Waals surface area contributed by atoms with Gasteiger partial charge in [-0.2, -0.15) is 0 Å². The number of nitrogens with one attached hydrogen (secondary N) is 1. The van der Waals surface area contributed by atoms with E-state index in [1.54, 1.807) is 0 Å². The van der Waals surface area contributed by atoms with Gasteiger partial charge in [-0.1, -0.05) is 73.9 Å². The van der Waals surface area contributed by atoms with Crippen LogP contribution in [0, 0.1) is 0 Å². The molecule has 0 spiro atoms. The van der Waals surface area contributed by atoms with Gasteiger partial charge in [0.2, 0.25) is 0 Å². The Hall–Kier alpha value is -1.60. The van der Waals surface area contributed by atoms with Crippen LogP contribution in [0.2, 0.25) is 0 Å². The normalized spacial score (nSPS) is 17.6. The van der Waals surface area contributed by atoms with Gasteiger partial charge in [0.15, 0.2) is 0 Å². The van der Waals surface area contributed by atoms with Gasteiger partial charge >= 0.3 is 0 Å². The van der Waals surface area contributed by atoms with Crippen molar-refractivity contribution in [3.05, 3.63) is 60.2 Å². The fourth-order valence-electron chi connectivity index (χ4n) is 3.31. The van der Waals surface area contributed by atoms with Crippen LogP contribution in [0.4, 0.5) is 0 Å². The van der Waals surface area contributed by atoms with Crippen LogP contribution in [0.25, 0.3) is 11.1 Å². The minimum Gasteiger partial charge on any atom is -0.307 e. The van der Waals surface area contributed by atoms with Gasteiger partial charge in [-0.3, -0.25) is 0 Å². The standard InChI is InChI=1S/C20H25N/c1-16(21-20-10-6-3-7-11-20)17-12-14-19(15-13-17)18-8-4-2-5-9-18/h2,4-5,8-9,12-16,20-21H,3,6-7,10-11H2,1H3. The summed E-state index contributed by atoms with van der Waals surface area (Å²) in [6.07, 6.45) is 6.87. The fraction of sp³-hybridized carbons (Fsp3) is 0.400. The van der Waals surface area contributed by atoms with E-state index >= 15 is 0 Å². The molecule has 0 saturated heterocycles. The lowest BCUT2D eigenvalue weighted by Gasteiger charge is -2.27. The molecule has 3 rings (SSSR count). The topological polar surface area (TPSA) is 12.0 Å². The van der Waals surface area contributed by atoms with Crippen LogP contribution in [0.15, 0.2) is 54.6 Å². The van der Waals surface area contributed by atoms with Crippen molar-refractivity contribution in [2.75, 3.05) is 0 Å². The largest absolute Gasteiger partial charge is 0.307 e. The molecule has 1 nitrogen and oxygen atoms in total. The van der Waals surface area contributed by atoms with Gasteiger partial charge in [-0.25, -0.2) is 0 Å². The SMILES string of the molecule is CC(NC1CCCCC1)c1ccc(-c2ccccc2)cc1. The molecule has 1 unspecified atom stereocenters. The Labute approximate surface area is 128 Å². The molecular formula is C20H25N. The van der Waals surface area contributed by atoms with E-state index in [-0.39, 0.29) is 0 Å². The lowest BCUT2D eigenvalue weighted by Crippen LogP contribution is -2.33. The molecule has 21 heavy (non-hydrogen) atoms. The Morgan fingerprint density at radius 2 is 1.43 bits per heavy atom. The maximum Gasteiger partial charge on any atom is 0.0294 e. The summed E-state index contributed by atoms with van der Waals surface area (Å²) < 4.78 is 0. The Kier molecular flexibility index (Phi) is 4.72. The zero-order valence-corrected chi connectivity index (χ0v) is 12.9. The number of hydrogen-bond acceptors (Lipinski definition) is 1. The summed E-state index contributed by atoms with van der Waals surface area (Å²) in [7, 11) is 0. The third kappa shape index (κ3) is 3.74. The van der Waals surface area contributed by atoms with Gasteiger partial charge in [-0.15, -0.1) is 0 Å². The molecule has 110 valence electrons. The molecule has 0 radical (unpaired) electrons. The second kappa shape index (κ2) is 6.91. The molecule has 1 N–H and O–H groups in total. The van der Waals surface area contributed by atoms with Gasteiger partial charge in [-0.05, 0) is 36.5 Å². The molecule has 0 heterocycles. The number of rotatable bonds is 4. The van der Waals surface area contributed by atoms with Crippen molar-refractivity contribution in [3.63, 3.8) is 0 Å². The molecule has 1 fully saturated rings. The van der Waals surface area contributed by atoms with E-state index in [2.05, 4.69) is 66.8 Å². The first kappa shape index (κ1) is 14.3. The first-order valence-corrected chi connectivity index (χ1v) is 8.24. The van der Waals surface area contributed by atoms with E-state index in [0.29, 0.717) is 12.1 Å². The molecule has 2 aromatic rings.